The molecule has 280 valence electrons. The van der Waals surface area contributed by atoms with Gasteiger partial charge in [-0.25, -0.2) is 15.0 Å². The van der Waals surface area contributed by atoms with Gasteiger partial charge < -0.3 is 4.42 Å². The van der Waals surface area contributed by atoms with Crippen LogP contribution in [0.15, 0.2) is 144 Å². The Labute approximate surface area is 335 Å². The molecule has 4 aliphatic rings. The van der Waals surface area contributed by atoms with Crippen molar-refractivity contribution in [1.29, 1.82) is 0 Å². The average molecular weight is 742 g/mol. The van der Waals surface area contributed by atoms with Crippen molar-refractivity contribution in [2.24, 2.45) is 23.7 Å². The highest BCUT2D eigenvalue weighted by Gasteiger charge is 2.48. The van der Waals surface area contributed by atoms with Gasteiger partial charge in [0.15, 0.2) is 17.5 Å². The number of hydrogen-bond donors (Lipinski definition) is 0. The summed E-state index contributed by atoms with van der Waals surface area (Å²) >= 11 is 0. The summed E-state index contributed by atoms with van der Waals surface area (Å²) in [5.41, 5.74) is 12.1. The van der Waals surface area contributed by atoms with Crippen molar-refractivity contribution in [1.82, 2.24) is 15.0 Å². The molecule has 0 amide bonds. The Morgan fingerprint density at radius 2 is 1.02 bits per heavy atom. The molecule has 4 heteroatoms. The van der Waals surface area contributed by atoms with E-state index in [1.54, 1.807) is 0 Å². The van der Waals surface area contributed by atoms with Gasteiger partial charge in [0.05, 0.1) is 5.56 Å². The van der Waals surface area contributed by atoms with Crippen molar-refractivity contribution in [2.45, 2.75) is 64.2 Å². The molecule has 0 N–H and O–H groups in total. The van der Waals surface area contributed by atoms with Gasteiger partial charge in [0, 0.05) is 21.9 Å². The summed E-state index contributed by atoms with van der Waals surface area (Å²) in [5, 5.41) is 2.13. The summed E-state index contributed by atoms with van der Waals surface area (Å²) in [6, 6.07) is 50.0. The highest BCUT2D eigenvalue weighted by atomic mass is 16.3. The summed E-state index contributed by atoms with van der Waals surface area (Å²) < 4.78 is 6.68. The Morgan fingerprint density at radius 1 is 0.474 bits per heavy atom. The molecule has 4 aliphatic carbocycles. The molecule has 4 nitrogen and oxygen atoms in total. The molecule has 4 saturated carbocycles. The molecule has 0 radical (unpaired) electrons. The van der Waals surface area contributed by atoms with Gasteiger partial charge in [0.2, 0.25) is 0 Å². The van der Waals surface area contributed by atoms with E-state index < -0.39 is 0 Å². The number of nitrogens with zero attached hydrogens (tertiary/aromatic N) is 3. The maximum atomic E-state index is 6.68. The molecule has 8 aromatic rings. The third-order valence-corrected chi connectivity index (χ3v) is 13.5. The zero-order valence-electron chi connectivity index (χ0n) is 33.0. The summed E-state index contributed by atoms with van der Waals surface area (Å²) in [6.07, 6.45) is 7.15. The average Bonchev–Trinajstić information content (AvgIpc) is 3.62. The molecule has 12 rings (SSSR count). The molecule has 0 unspecified atom stereocenters. The number of para-hydroxylation sites is 1. The molecule has 0 atom stereocenters. The van der Waals surface area contributed by atoms with E-state index in [-0.39, 0.29) is 5.41 Å². The minimum absolute atomic E-state index is 0.109. The number of aromatic nitrogens is 3. The third kappa shape index (κ3) is 6.18. The number of benzene rings is 6. The lowest BCUT2D eigenvalue weighted by molar-refractivity contribution is -0.00277. The van der Waals surface area contributed by atoms with Gasteiger partial charge in [0.25, 0.3) is 0 Å². The standard InChI is InChI=1S/C53H47N3O/c1-53(2,3)43-23-20-36(21-24-43)40-22-25-47-46(31-40)44-10-7-11-45(49(44)57-47)52-55-50(38-16-12-35(13-17-38)34-8-5-4-6-9-34)54-51(56-52)39-18-14-37(15-19-39)48-41-27-32-26-33(29-41)30-42(48)28-32/h4-25,31-33,41-42,48H,26-30H2,1-3H3. The monoisotopic (exact) mass is 741 g/mol. The van der Waals surface area contributed by atoms with Gasteiger partial charge in [0.1, 0.15) is 11.2 Å². The van der Waals surface area contributed by atoms with E-state index >= 15 is 0 Å². The van der Waals surface area contributed by atoms with Gasteiger partial charge in [-0.15, -0.1) is 0 Å². The fourth-order valence-electron chi connectivity index (χ4n) is 10.8. The van der Waals surface area contributed by atoms with Crippen LogP contribution in [-0.2, 0) is 5.41 Å². The van der Waals surface area contributed by atoms with Crippen LogP contribution in [0.2, 0.25) is 0 Å². The van der Waals surface area contributed by atoms with Gasteiger partial charge in [-0.1, -0.05) is 142 Å². The molecule has 4 bridgehead atoms. The van der Waals surface area contributed by atoms with E-state index in [0.717, 1.165) is 73.4 Å². The second-order valence-corrected chi connectivity index (χ2v) is 18.2. The van der Waals surface area contributed by atoms with Crippen molar-refractivity contribution in [2.75, 3.05) is 0 Å². The van der Waals surface area contributed by atoms with Crippen LogP contribution in [-0.4, -0.2) is 15.0 Å². The molecular formula is C53H47N3O. The van der Waals surface area contributed by atoms with Gasteiger partial charge in [-0.05, 0) is 119 Å². The topological polar surface area (TPSA) is 51.8 Å². The summed E-state index contributed by atoms with van der Waals surface area (Å²) in [4.78, 5) is 15.5. The lowest BCUT2D eigenvalue weighted by atomic mass is 9.51. The molecule has 2 heterocycles. The minimum atomic E-state index is 0.109. The van der Waals surface area contributed by atoms with Gasteiger partial charge in [-0.2, -0.15) is 0 Å². The van der Waals surface area contributed by atoms with Crippen molar-refractivity contribution in [3.05, 3.63) is 151 Å². The second kappa shape index (κ2) is 13.4. The van der Waals surface area contributed by atoms with E-state index in [1.165, 1.54) is 54.4 Å². The summed E-state index contributed by atoms with van der Waals surface area (Å²) in [7, 11) is 0. The lowest BCUT2D eigenvalue weighted by Crippen LogP contribution is -2.43. The van der Waals surface area contributed by atoms with Crippen LogP contribution in [0.1, 0.15) is 69.9 Å². The SMILES string of the molecule is CC(C)(C)c1ccc(-c2ccc3oc4c(-c5nc(-c6ccc(-c7ccccc7)cc6)nc(-c6ccc(C7C8CC9CC(C8)CC7C9)cc6)n5)cccc4c3c2)cc1. The van der Waals surface area contributed by atoms with E-state index in [9.17, 15) is 0 Å². The van der Waals surface area contributed by atoms with Crippen LogP contribution >= 0.6 is 0 Å². The molecule has 4 fully saturated rings. The fraction of sp³-hybridized carbons (Fsp3) is 0.264. The number of rotatable bonds is 6. The number of furan rings is 1. The van der Waals surface area contributed by atoms with Crippen LogP contribution < -0.4 is 0 Å². The highest BCUT2D eigenvalue weighted by molar-refractivity contribution is 6.10. The Kier molecular flexibility index (Phi) is 8.07. The molecule has 2 aromatic heterocycles. The molecule has 0 spiro atoms. The largest absolute Gasteiger partial charge is 0.455 e. The van der Waals surface area contributed by atoms with Crippen LogP contribution in [0, 0.1) is 23.7 Å². The molecular weight excluding hydrogens is 695 g/mol. The van der Waals surface area contributed by atoms with Gasteiger partial charge >= 0.3 is 0 Å². The van der Waals surface area contributed by atoms with E-state index in [0.29, 0.717) is 23.4 Å². The van der Waals surface area contributed by atoms with E-state index in [1.807, 2.05) is 6.07 Å². The first-order chi connectivity index (χ1) is 27.8. The van der Waals surface area contributed by atoms with E-state index in [4.69, 9.17) is 19.4 Å². The van der Waals surface area contributed by atoms with Crippen LogP contribution in [0.5, 0.6) is 0 Å². The lowest BCUT2D eigenvalue weighted by Gasteiger charge is -2.54. The zero-order chi connectivity index (χ0) is 38.3. The van der Waals surface area contributed by atoms with E-state index in [2.05, 4.69) is 154 Å². The van der Waals surface area contributed by atoms with Gasteiger partial charge in [-0.3, -0.25) is 0 Å². The molecule has 6 aromatic carbocycles. The predicted octanol–water partition coefficient (Wildman–Crippen LogP) is 13.9. The van der Waals surface area contributed by atoms with Crippen molar-refractivity contribution < 1.29 is 4.42 Å². The summed E-state index contributed by atoms with van der Waals surface area (Å²) in [6.45, 7) is 6.76. The van der Waals surface area contributed by atoms with Crippen LogP contribution in [0.4, 0.5) is 0 Å². The van der Waals surface area contributed by atoms with Crippen molar-refractivity contribution >= 4 is 21.9 Å². The highest BCUT2D eigenvalue weighted by Crippen LogP contribution is 2.59. The first kappa shape index (κ1) is 34.4. The van der Waals surface area contributed by atoms with Crippen molar-refractivity contribution in [3.63, 3.8) is 0 Å². The first-order valence-electron chi connectivity index (χ1n) is 20.9. The summed E-state index contributed by atoms with van der Waals surface area (Å²) in [5.74, 6) is 6.24. The molecule has 57 heavy (non-hydrogen) atoms. The Morgan fingerprint density at radius 3 is 1.67 bits per heavy atom. The Balaban J connectivity index is 0.998. The maximum Gasteiger partial charge on any atom is 0.167 e. The van der Waals surface area contributed by atoms with Crippen LogP contribution in [0.3, 0.4) is 0 Å². The quantitative estimate of drug-likeness (QED) is 0.170. The second-order valence-electron chi connectivity index (χ2n) is 18.2. The minimum Gasteiger partial charge on any atom is -0.455 e. The van der Waals surface area contributed by atoms with Crippen molar-refractivity contribution in [3.8, 4) is 56.4 Å². The van der Waals surface area contributed by atoms with Crippen LogP contribution in [0.25, 0.3) is 78.4 Å². The molecule has 0 saturated heterocycles. The maximum absolute atomic E-state index is 6.68. The zero-order valence-corrected chi connectivity index (χ0v) is 33.0. The first-order valence-corrected chi connectivity index (χ1v) is 20.9. The fourth-order valence-corrected chi connectivity index (χ4v) is 10.8. The number of fused-ring (bicyclic) bond motifs is 3. The Hall–Kier alpha value is -5.87. The predicted molar refractivity (Wildman–Crippen MR) is 233 cm³/mol. The number of hydrogen-bond acceptors (Lipinski definition) is 4. The molecule has 0 aliphatic heterocycles. The Bertz CT molecular complexity index is 2730. The normalized spacial score (nSPS) is 21.4. The smallest absolute Gasteiger partial charge is 0.167 e. The third-order valence-electron chi connectivity index (χ3n) is 13.5.